The number of nitrogens with two attached hydrogens (primary N) is 1. The van der Waals surface area contributed by atoms with Crippen LogP contribution in [-0.2, 0) is 16.1 Å². The van der Waals surface area contributed by atoms with Gasteiger partial charge in [0.05, 0.1) is 17.7 Å². The Bertz CT molecular complexity index is 1020. The van der Waals surface area contributed by atoms with Crippen LogP contribution in [0.5, 0.6) is 5.75 Å². The van der Waals surface area contributed by atoms with Crippen molar-refractivity contribution < 1.29 is 18.8 Å². The molecular weight excluding hydrogens is 429 g/mol. The Kier molecular flexibility index (Phi) is 8.23. The maximum atomic E-state index is 11.2. The molecule has 9 heteroatoms. The quantitative estimate of drug-likeness (QED) is 0.524. The van der Waals surface area contributed by atoms with Gasteiger partial charge in [-0.25, -0.2) is 0 Å². The maximum absolute atomic E-state index is 11.2. The molecule has 1 heterocycles. The highest BCUT2D eigenvalue weighted by atomic mass is 35.5. The van der Waals surface area contributed by atoms with E-state index < -0.39 is 5.97 Å². The molecule has 0 fully saturated rings. The van der Waals surface area contributed by atoms with E-state index in [0.29, 0.717) is 22.3 Å². The molecule has 160 valence electrons. The van der Waals surface area contributed by atoms with Gasteiger partial charge in [-0.3, -0.25) is 4.79 Å². The summed E-state index contributed by atoms with van der Waals surface area (Å²) in [7, 11) is 0. The third-order valence-corrected chi connectivity index (χ3v) is 4.36. The summed E-state index contributed by atoms with van der Waals surface area (Å²) < 4.78 is 16.2. The van der Waals surface area contributed by atoms with Crippen LogP contribution in [0.2, 0.25) is 5.02 Å². The zero-order valence-corrected chi connectivity index (χ0v) is 18.4. The van der Waals surface area contributed by atoms with Crippen LogP contribution in [0.3, 0.4) is 0 Å². The van der Waals surface area contributed by atoms with Gasteiger partial charge in [-0.15, -0.1) is 12.4 Å². The fraction of sp³-hybridized carbons (Fsp3) is 0.286. The summed E-state index contributed by atoms with van der Waals surface area (Å²) in [5, 5.41) is 4.46. The first-order valence-corrected chi connectivity index (χ1v) is 9.51. The highest BCUT2D eigenvalue weighted by Gasteiger charge is 2.15. The van der Waals surface area contributed by atoms with E-state index in [4.69, 9.17) is 31.3 Å². The van der Waals surface area contributed by atoms with E-state index >= 15 is 0 Å². The lowest BCUT2D eigenvalue weighted by atomic mass is 10.1. The van der Waals surface area contributed by atoms with Crippen LogP contribution in [0.4, 0.5) is 0 Å². The number of nitrogens with zero attached hydrogens (tertiary/aromatic N) is 2. The molecule has 3 aromatic rings. The average molecular weight is 452 g/mol. The molecule has 3 rings (SSSR count). The second-order valence-corrected chi connectivity index (χ2v) is 7.16. The van der Waals surface area contributed by atoms with E-state index in [1.807, 2.05) is 39.0 Å². The minimum Gasteiger partial charge on any atom is -0.491 e. The molecule has 30 heavy (non-hydrogen) atoms. The summed E-state index contributed by atoms with van der Waals surface area (Å²) >= 11 is 6.36. The zero-order valence-electron chi connectivity index (χ0n) is 16.8. The number of ether oxygens (including phenoxy) is 2. The number of hydrogen-bond acceptors (Lipinski definition) is 7. The number of aryl methyl sites for hydroxylation is 1. The highest BCUT2D eigenvalue weighted by Crippen LogP contribution is 2.30. The van der Waals surface area contributed by atoms with E-state index in [2.05, 4.69) is 10.1 Å². The number of halogens is 2. The van der Waals surface area contributed by atoms with Gasteiger partial charge in [-0.2, -0.15) is 4.98 Å². The van der Waals surface area contributed by atoms with Crippen LogP contribution in [0.1, 0.15) is 25.0 Å². The number of benzene rings is 2. The fourth-order valence-electron chi connectivity index (χ4n) is 2.67. The van der Waals surface area contributed by atoms with Gasteiger partial charge >= 0.3 is 5.97 Å². The molecule has 0 aliphatic heterocycles. The molecule has 0 aliphatic carbocycles. The van der Waals surface area contributed by atoms with Crippen molar-refractivity contribution in [3.05, 3.63) is 52.5 Å². The van der Waals surface area contributed by atoms with Gasteiger partial charge in [0.15, 0.2) is 0 Å². The number of carbonyl (C=O) groups is 1. The van der Waals surface area contributed by atoms with Crippen molar-refractivity contribution in [3.63, 3.8) is 0 Å². The van der Waals surface area contributed by atoms with Crippen LogP contribution in [0, 0.1) is 6.92 Å². The maximum Gasteiger partial charge on any atom is 0.320 e. The fourth-order valence-corrected chi connectivity index (χ4v) is 2.96. The summed E-state index contributed by atoms with van der Waals surface area (Å²) in [6.07, 6.45) is 0.0958. The molecule has 0 bridgehead atoms. The van der Waals surface area contributed by atoms with Crippen LogP contribution in [0.25, 0.3) is 22.8 Å². The van der Waals surface area contributed by atoms with Crippen molar-refractivity contribution >= 4 is 30.0 Å². The van der Waals surface area contributed by atoms with Gasteiger partial charge in [-0.1, -0.05) is 22.8 Å². The molecule has 0 atom stereocenters. The Morgan fingerprint density at radius 3 is 2.63 bits per heavy atom. The summed E-state index contributed by atoms with van der Waals surface area (Å²) in [6, 6.07) is 10.9. The molecule has 2 aromatic carbocycles. The van der Waals surface area contributed by atoms with Crippen molar-refractivity contribution in [2.75, 3.05) is 6.54 Å². The molecule has 0 unspecified atom stereocenters. The van der Waals surface area contributed by atoms with E-state index in [1.54, 1.807) is 18.2 Å². The number of aromatic nitrogens is 2. The van der Waals surface area contributed by atoms with Crippen molar-refractivity contribution in [2.24, 2.45) is 5.73 Å². The van der Waals surface area contributed by atoms with Crippen LogP contribution in [-0.4, -0.2) is 28.8 Å². The SMILES string of the molecule is Cc1cc(-c2nc(-c3ccc(COC(=O)CN)cc3Cl)no2)ccc1OC(C)C.Cl. The van der Waals surface area contributed by atoms with Gasteiger partial charge in [0.25, 0.3) is 5.89 Å². The minimum atomic E-state index is -0.479. The standard InChI is InChI=1S/C21H22ClN3O4.ClH/c1-12(2)28-18-7-5-15(8-13(18)3)21-24-20(25-29-21)16-6-4-14(9-17(16)22)11-27-19(26)10-23;/h4-9,12H,10-11,23H2,1-3H3;1H. The summed E-state index contributed by atoms with van der Waals surface area (Å²) in [4.78, 5) is 15.6. The van der Waals surface area contributed by atoms with E-state index in [1.165, 1.54) is 0 Å². The number of esters is 1. The Hall–Kier alpha value is -2.61. The molecule has 2 N–H and O–H groups in total. The molecule has 1 aromatic heterocycles. The van der Waals surface area contributed by atoms with Crippen LogP contribution < -0.4 is 10.5 Å². The van der Waals surface area contributed by atoms with Gasteiger partial charge in [0.1, 0.15) is 12.4 Å². The average Bonchev–Trinajstić information content (AvgIpc) is 3.17. The third kappa shape index (κ3) is 5.72. The lowest BCUT2D eigenvalue weighted by Crippen LogP contribution is -2.16. The van der Waals surface area contributed by atoms with E-state index in [9.17, 15) is 4.79 Å². The Morgan fingerprint density at radius 2 is 2.00 bits per heavy atom. The van der Waals surface area contributed by atoms with Crippen molar-refractivity contribution in [3.8, 4) is 28.6 Å². The Balaban J connectivity index is 0.00000320. The normalized spacial score (nSPS) is 10.6. The first-order chi connectivity index (χ1) is 13.9. The van der Waals surface area contributed by atoms with Crippen molar-refractivity contribution in [2.45, 2.75) is 33.5 Å². The molecule has 0 amide bonds. The first kappa shape index (κ1) is 23.7. The van der Waals surface area contributed by atoms with Crippen LogP contribution in [0.15, 0.2) is 40.9 Å². The summed E-state index contributed by atoms with van der Waals surface area (Å²) in [5.74, 6) is 1.09. The smallest absolute Gasteiger partial charge is 0.320 e. The minimum absolute atomic E-state index is 0. The molecule has 0 radical (unpaired) electrons. The largest absolute Gasteiger partial charge is 0.491 e. The lowest BCUT2D eigenvalue weighted by Gasteiger charge is -2.12. The van der Waals surface area contributed by atoms with Crippen molar-refractivity contribution in [1.82, 2.24) is 10.1 Å². The molecule has 0 aliphatic rings. The topological polar surface area (TPSA) is 100 Å². The van der Waals surface area contributed by atoms with Crippen molar-refractivity contribution in [1.29, 1.82) is 0 Å². The number of carbonyl (C=O) groups excluding carboxylic acids is 1. The summed E-state index contributed by atoms with van der Waals surface area (Å²) in [5.41, 5.74) is 8.34. The van der Waals surface area contributed by atoms with Gasteiger partial charge in [0.2, 0.25) is 5.82 Å². The van der Waals surface area contributed by atoms with E-state index in [0.717, 1.165) is 22.4 Å². The number of rotatable bonds is 7. The molecule has 0 saturated carbocycles. The Morgan fingerprint density at radius 1 is 1.23 bits per heavy atom. The predicted molar refractivity (Wildman–Crippen MR) is 117 cm³/mol. The van der Waals surface area contributed by atoms with Gasteiger partial charge < -0.3 is 19.7 Å². The van der Waals surface area contributed by atoms with E-state index in [-0.39, 0.29) is 31.7 Å². The molecule has 7 nitrogen and oxygen atoms in total. The first-order valence-electron chi connectivity index (χ1n) is 9.13. The zero-order chi connectivity index (χ0) is 21.0. The molecule has 0 spiro atoms. The summed E-state index contributed by atoms with van der Waals surface area (Å²) in [6.45, 7) is 5.86. The van der Waals surface area contributed by atoms with Crippen LogP contribution >= 0.6 is 24.0 Å². The molecular formula is C21H23Cl2N3O4. The third-order valence-electron chi connectivity index (χ3n) is 4.05. The monoisotopic (exact) mass is 451 g/mol. The number of hydrogen-bond donors (Lipinski definition) is 1. The lowest BCUT2D eigenvalue weighted by molar-refractivity contribution is -0.143. The predicted octanol–water partition coefficient (Wildman–Crippen LogP) is 4.58. The molecule has 0 saturated heterocycles. The highest BCUT2D eigenvalue weighted by molar-refractivity contribution is 6.33. The Labute approximate surface area is 185 Å². The second kappa shape index (κ2) is 10.4. The van der Waals surface area contributed by atoms with Gasteiger partial charge in [0, 0.05) is 11.1 Å². The van der Waals surface area contributed by atoms with Gasteiger partial charge in [-0.05, 0) is 62.2 Å². The second-order valence-electron chi connectivity index (χ2n) is 6.75.